The highest BCUT2D eigenvalue weighted by molar-refractivity contribution is 7.90. The molecule has 7 heteroatoms. The van der Waals surface area contributed by atoms with E-state index in [4.69, 9.17) is 5.73 Å². The first-order valence-corrected chi connectivity index (χ1v) is 8.07. The Bertz CT molecular complexity index is 580. The van der Waals surface area contributed by atoms with Gasteiger partial charge in [-0.25, -0.2) is 8.42 Å². The first-order chi connectivity index (χ1) is 8.80. The molecular weight excluding hydrogens is 300 g/mol. The zero-order valence-corrected chi connectivity index (χ0v) is 12.9. The van der Waals surface area contributed by atoms with Crippen molar-refractivity contribution in [3.05, 3.63) is 29.8 Å². The molecule has 0 aliphatic heterocycles. The molecule has 1 saturated carbocycles. The molecule has 0 radical (unpaired) electrons. The van der Waals surface area contributed by atoms with Crippen molar-refractivity contribution in [3.8, 4) is 0 Å². The fourth-order valence-electron chi connectivity index (χ4n) is 2.02. The Morgan fingerprint density at radius 2 is 1.85 bits per heavy atom. The van der Waals surface area contributed by atoms with Gasteiger partial charge in [-0.3, -0.25) is 4.79 Å². The summed E-state index contributed by atoms with van der Waals surface area (Å²) in [6.07, 6.45) is 4.10. The van der Waals surface area contributed by atoms with Crippen LogP contribution in [0, 0.1) is 0 Å². The summed E-state index contributed by atoms with van der Waals surface area (Å²) < 4.78 is 22.6. The number of benzene rings is 1. The molecule has 1 fully saturated rings. The Labute approximate surface area is 125 Å². The molecular formula is C13H19ClN2O3S. The summed E-state index contributed by atoms with van der Waals surface area (Å²) in [5, 5.41) is 2.79. The van der Waals surface area contributed by atoms with Gasteiger partial charge < -0.3 is 11.1 Å². The standard InChI is InChI=1S/C13H18N2O3S.ClH/c1-19(17,18)11-5-3-10(4-6-11)12(16)15-9-13(14)7-2-8-13;/h3-6H,2,7-9,14H2,1H3,(H,15,16);1H. The van der Waals surface area contributed by atoms with Gasteiger partial charge in [0.15, 0.2) is 9.84 Å². The third-order valence-electron chi connectivity index (χ3n) is 3.50. The molecule has 0 saturated heterocycles. The quantitative estimate of drug-likeness (QED) is 0.870. The van der Waals surface area contributed by atoms with Crippen LogP contribution < -0.4 is 11.1 Å². The maximum atomic E-state index is 11.9. The molecule has 0 bridgehead atoms. The average Bonchev–Trinajstić information content (AvgIpc) is 2.33. The van der Waals surface area contributed by atoms with Crippen molar-refractivity contribution in [2.45, 2.75) is 29.7 Å². The molecule has 1 aliphatic rings. The molecule has 112 valence electrons. The number of carbonyl (C=O) groups is 1. The molecule has 2 rings (SSSR count). The molecule has 5 nitrogen and oxygen atoms in total. The van der Waals surface area contributed by atoms with Crippen molar-refractivity contribution >= 4 is 28.2 Å². The first-order valence-electron chi connectivity index (χ1n) is 6.17. The van der Waals surface area contributed by atoms with Gasteiger partial charge in [0, 0.05) is 23.9 Å². The lowest BCUT2D eigenvalue weighted by atomic mass is 9.78. The van der Waals surface area contributed by atoms with Crippen LogP contribution in [0.5, 0.6) is 0 Å². The molecule has 0 aromatic heterocycles. The highest BCUT2D eigenvalue weighted by atomic mass is 35.5. The van der Waals surface area contributed by atoms with Crippen LogP contribution in [-0.2, 0) is 9.84 Å². The number of amides is 1. The molecule has 3 N–H and O–H groups in total. The SMILES string of the molecule is CS(=O)(=O)c1ccc(C(=O)NCC2(N)CCC2)cc1.Cl. The van der Waals surface area contributed by atoms with Crippen LogP contribution in [0.4, 0.5) is 0 Å². The van der Waals surface area contributed by atoms with Crippen LogP contribution in [0.2, 0.25) is 0 Å². The van der Waals surface area contributed by atoms with Crippen molar-refractivity contribution in [1.82, 2.24) is 5.32 Å². The van der Waals surface area contributed by atoms with Crippen LogP contribution in [0.25, 0.3) is 0 Å². The summed E-state index contributed by atoms with van der Waals surface area (Å²) in [5.41, 5.74) is 6.19. The summed E-state index contributed by atoms with van der Waals surface area (Å²) >= 11 is 0. The molecule has 1 aliphatic carbocycles. The maximum absolute atomic E-state index is 11.9. The monoisotopic (exact) mass is 318 g/mol. The van der Waals surface area contributed by atoms with Crippen LogP contribution in [-0.4, -0.2) is 32.7 Å². The van der Waals surface area contributed by atoms with Crippen LogP contribution in [0.3, 0.4) is 0 Å². The zero-order valence-electron chi connectivity index (χ0n) is 11.3. The summed E-state index contributed by atoms with van der Waals surface area (Å²) in [7, 11) is -3.23. The van der Waals surface area contributed by atoms with Gasteiger partial charge in [0.2, 0.25) is 0 Å². The van der Waals surface area contributed by atoms with Crippen molar-refractivity contribution in [2.75, 3.05) is 12.8 Å². The second-order valence-corrected chi connectivity index (χ2v) is 7.21. The van der Waals surface area contributed by atoms with Gasteiger partial charge in [-0.1, -0.05) is 0 Å². The van der Waals surface area contributed by atoms with Gasteiger partial charge in [0.1, 0.15) is 0 Å². The second kappa shape index (κ2) is 6.11. The Morgan fingerprint density at radius 3 is 2.25 bits per heavy atom. The fraction of sp³-hybridized carbons (Fsp3) is 0.462. The Kier molecular flexibility index (Phi) is 5.18. The van der Waals surface area contributed by atoms with Crippen molar-refractivity contribution in [1.29, 1.82) is 0 Å². The lowest BCUT2D eigenvalue weighted by molar-refractivity contribution is 0.0929. The first kappa shape index (κ1) is 16.9. The highest BCUT2D eigenvalue weighted by Crippen LogP contribution is 2.28. The number of nitrogens with two attached hydrogens (primary N) is 1. The van der Waals surface area contributed by atoms with E-state index in [-0.39, 0.29) is 28.7 Å². The predicted molar refractivity (Wildman–Crippen MR) is 79.9 cm³/mol. The summed E-state index contributed by atoms with van der Waals surface area (Å²) in [4.78, 5) is 12.1. The molecule has 1 aromatic rings. The third kappa shape index (κ3) is 3.94. The molecule has 20 heavy (non-hydrogen) atoms. The second-order valence-electron chi connectivity index (χ2n) is 5.20. The minimum absolute atomic E-state index is 0. The number of nitrogens with one attached hydrogen (secondary N) is 1. The van der Waals surface area contributed by atoms with E-state index in [9.17, 15) is 13.2 Å². The summed E-state index contributed by atoms with van der Waals surface area (Å²) in [6.45, 7) is 0.458. The predicted octanol–water partition coefficient (Wildman–Crippen LogP) is 1.12. The lowest BCUT2D eigenvalue weighted by Gasteiger charge is -2.38. The number of carbonyl (C=O) groups excluding carboxylic acids is 1. The van der Waals surface area contributed by atoms with E-state index in [0.29, 0.717) is 12.1 Å². The van der Waals surface area contributed by atoms with E-state index in [1.54, 1.807) is 0 Å². The van der Waals surface area contributed by atoms with E-state index in [0.717, 1.165) is 25.5 Å². The minimum atomic E-state index is -3.23. The smallest absolute Gasteiger partial charge is 0.251 e. The van der Waals surface area contributed by atoms with Gasteiger partial charge in [0.25, 0.3) is 5.91 Å². The van der Waals surface area contributed by atoms with Crippen LogP contribution in [0.15, 0.2) is 29.2 Å². The molecule has 0 unspecified atom stereocenters. The number of rotatable bonds is 4. The van der Waals surface area contributed by atoms with E-state index in [1.807, 2.05) is 0 Å². The van der Waals surface area contributed by atoms with E-state index in [1.165, 1.54) is 24.3 Å². The minimum Gasteiger partial charge on any atom is -0.350 e. The number of sulfone groups is 1. The summed E-state index contributed by atoms with van der Waals surface area (Å²) in [6, 6.07) is 5.89. The fourth-order valence-corrected chi connectivity index (χ4v) is 2.65. The maximum Gasteiger partial charge on any atom is 0.251 e. The van der Waals surface area contributed by atoms with Crippen LogP contribution >= 0.6 is 12.4 Å². The molecule has 0 atom stereocenters. The Morgan fingerprint density at radius 1 is 1.30 bits per heavy atom. The van der Waals surface area contributed by atoms with E-state index < -0.39 is 9.84 Å². The summed E-state index contributed by atoms with van der Waals surface area (Å²) in [5.74, 6) is -0.225. The topological polar surface area (TPSA) is 89.3 Å². The zero-order chi connectivity index (χ0) is 14.1. The molecule has 1 aromatic carbocycles. The largest absolute Gasteiger partial charge is 0.350 e. The van der Waals surface area contributed by atoms with Gasteiger partial charge in [0.05, 0.1) is 4.90 Å². The van der Waals surface area contributed by atoms with Gasteiger partial charge in [-0.2, -0.15) is 0 Å². The highest BCUT2D eigenvalue weighted by Gasteiger charge is 2.32. The van der Waals surface area contributed by atoms with Gasteiger partial charge >= 0.3 is 0 Å². The van der Waals surface area contributed by atoms with Crippen LogP contribution in [0.1, 0.15) is 29.6 Å². The Balaban J connectivity index is 0.00000200. The van der Waals surface area contributed by atoms with Crippen molar-refractivity contribution in [2.24, 2.45) is 5.73 Å². The normalized spacial score (nSPS) is 16.7. The Hall–Kier alpha value is -1.11. The number of hydrogen-bond donors (Lipinski definition) is 2. The average molecular weight is 319 g/mol. The van der Waals surface area contributed by atoms with E-state index in [2.05, 4.69) is 5.32 Å². The van der Waals surface area contributed by atoms with Crippen molar-refractivity contribution in [3.63, 3.8) is 0 Å². The lowest BCUT2D eigenvalue weighted by Crippen LogP contribution is -2.54. The number of halogens is 1. The van der Waals surface area contributed by atoms with Gasteiger partial charge in [-0.15, -0.1) is 12.4 Å². The van der Waals surface area contributed by atoms with Gasteiger partial charge in [-0.05, 0) is 43.5 Å². The number of hydrogen-bond acceptors (Lipinski definition) is 4. The molecule has 1 amide bonds. The third-order valence-corrected chi connectivity index (χ3v) is 4.62. The molecule has 0 spiro atoms. The molecule has 0 heterocycles. The van der Waals surface area contributed by atoms with E-state index >= 15 is 0 Å². The van der Waals surface area contributed by atoms with Crippen molar-refractivity contribution < 1.29 is 13.2 Å².